The van der Waals surface area contributed by atoms with Gasteiger partial charge in [0.15, 0.2) is 0 Å². The number of carboxylic acids is 1. The van der Waals surface area contributed by atoms with E-state index in [0.29, 0.717) is 6.42 Å². The number of hydrogen-bond donors (Lipinski definition) is 2. The predicted molar refractivity (Wildman–Crippen MR) is 41.8 cm³/mol. The van der Waals surface area contributed by atoms with E-state index in [4.69, 9.17) is 5.11 Å². The fourth-order valence-electron chi connectivity index (χ4n) is 0.685. The van der Waals surface area contributed by atoms with Crippen LogP contribution in [0.4, 0.5) is 4.79 Å². The van der Waals surface area contributed by atoms with Crippen LogP contribution in [0.15, 0.2) is 0 Å². The molecule has 0 radical (unpaired) electrons. The summed E-state index contributed by atoms with van der Waals surface area (Å²) in [5.74, 6) is -1.45. The van der Waals surface area contributed by atoms with Gasteiger partial charge in [-0.05, 0) is 6.42 Å². The fourth-order valence-corrected chi connectivity index (χ4v) is 0.685. The lowest BCUT2D eigenvalue weighted by molar-refractivity contribution is -0.141. The lowest BCUT2D eigenvalue weighted by atomic mass is 10.1. The molecule has 0 heterocycles. The van der Waals surface area contributed by atoms with Crippen LogP contribution in [-0.2, 0) is 9.53 Å². The van der Waals surface area contributed by atoms with Crippen LogP contribution in [0.2, 0.25) is 0 Å². The predicted octanol–water partition coefficient (Wildman–Crippen LogP) is 0.453. The lowest BCUT2D eigenvalue weighted by Crippen LogP contribution is -2.32. The Kier molecular flexibility index (Phi) is 4.83. The zero-order chi connectivity index (χ0) is 9.56. The Morgan fingerprint density at radius 1 is 1.58 bits per heavy atom. The van der Waals surface area contributed by atoms with Crippen LogP contribution >= 0.6 is 0 Å². The Balaban J connectivity index is 3.73. The van der Waals surface area contributed by atoms with Gasteiger partial charge in [0, 0.05) is 6.54 Å². The third-order valence-corrected chi connectivity index (χ3v) is 1.52. The van der Waals surface area contributed by atoms with E-state index in [1.807, 2.05) is 0 Å². The van der Waals surface area contributed by atoms with Crippen LogP contribution < -0.4 is 5.32 Å². The van der Waals surface area contributed by atoms with Gasteiger partial charge in [-0.25, -0.2) is 4.79 Å². The number of methoxy groups -OCH3 is 1. The molecular weight excluding hydrogens is 162 g/mol. The number of hydrogen-bond acceptors (Lipinski definition) is 3. The zero-order valence-electron chi connectivity index (χ0n) is 7.16. The molecule has 2 N–H and O–H groups in total. The van der Waals surface area contributed by atoms with Gasteiger partial charge in [-0.3, -0.25) is 4.79 Å². The van der Waals surface area contributed by atoms with Gasteiger partial charge in [-0.2, -0.15) is 0 Å². The van der Waals surface area contributed by atoms with E-state index >= 15 is 0 Å². The number of carboxylic acid groups (broad SMARTS) is 1. The molecule has 0 spiro atoms. The number of rotatable bonds is 4. The first kappa shape index (κ1) is 10.7. The maximum atomic E-state index is 10.5. The van der Waals surface area contributed by atoms with E-state index < -0.39 is 18.0 Å². The largest absolute Gasteiger partial charge is 0.481 e. The Bertz CT molecular complexity index is 169. The van der Waals surface area contributed by atoms with Crippen molar-refractivity contribution in [2.45, 2.75) is 13.3 Å². The molecule has 0 aliphatic heterocycles. The smallest absolute Gasteiger partial charge is 0.406 e. The van der Waals surface area contributed by atoms with Crippen LogP contribution in [0.5, 0.6) is 0 Å². The van der Waals surface area contributed by atoms with Crippen molar-refractivity contribution in [2.75, 3.05) is 13.7 Å². The number of alkyl carbamates (subject to hydrolysis) is 1. The van der Waals surface area contributed by atoms with Gasteiger partial charge in [0.2, 0.25) is 0 Å². The minimum absolute atomic E-state index is 0.110. The molecule has 0 saturated carbocycles. The van der Waals surface area contributed by atoms with Crippen molar-refractivity contribution < 1.29 is 19.4 Å². The third-order valence-electron chi connectivity index (χ3n) is 1.52. The number of ether oxygens (including phenoxy) is 1. The topological polar surface area (TPSA) is 75.6 Å². The molecule has 1 atom stereocenters. The molecule has 1 amide bonds. The first-order valence-electron chi connectivity index (χ1n) is 3.66. The maximum Gasteiger partial charge on any atom is 0.406 e. The van der Waals surface area contributed by atoms with Gasteiger partial charge >= 0.3 is 12.1 Å². The second kappa shape index (κ2) is 5.40. The summed E-state index contributed by atoms with van der Waals surface area (Å²) in [6.07, 6.45) is -0.117. The van der Waals surface area contributed by atoms with Crippen LogP contribution in [0.1, 0.15) is 13.3 Å². The highest BCUT2D eigenvalue weighted by Crippen LogP contribution is 1.99. The lowest BCUT2D eigenvalue weighted by Gasteiger charge is -2.09. The number of nitrogens with one attached hydrogen (secondary N) is 1. The Labute approximate surface area is 70.7 Å². The summed E-state index contributed by atoms with van der Waals surface area (Å²) in [6.45, 7) is 1.86. The summed E-state index contributed by atoms with van der Waals surface area (Å²) in [5, 5.41) is 10.9. The van der Waals surface area contributed by atoms with Gasteiger partial charge in [0.25, 0.3) is 0 Å². The van der Waals surface area contributed by atoms with Crippen molar-refractivity contribution in [3.05, 3.63) is 0 Å². The minimum Gasteiger partial charge on any atom is -0.481 e. The van der Waals surface area contributed by atoms with Crippen LogP contribution in [0.25, 0.3) is 0 Å². The van der Waals surface area contributed by atoms with Crippen molar-refractivity contribution >= 4 is 12.1 Å². The van der Waals surface area contributed by atoms with Gasteiger partial charge in [-0.15, -0.1) is 0 Å². The average molecular weight is 175 g/mol. The second-order valence-corrected chi connectivity index (χ2v) is 2.32. The quantitative estimate of drug-likeness (QED) is 0.650. The molecule has 1 unspecified atom stereocenters. The molecule has 0 aliphatic carbocycles. The summed E-state index contributed by atoms with van der Waals surface area (Å²) in [5.41, 5.74) is 0. The molecule has 5 nitrogen and oxygen atoms in total. The van der Waals surface area contributed by atoms with E-state index in [1.54, 1.807) is 6.92 Å². The molecule has 0 rings (SSSR count). The van der Waals surface area contributed by atoms with Crippen LogP contribution in [-0.4, -0.2) is 30.8 Å². The highest BCUT2D eigenvalue weighted by Gasteiger charge is 2.15. The summed E-state index contributed by atoms with van der Waals surface area (Å²) in [4.78, 5) is 21.0. The van der Waals surface area contributed by atoms with Gasteiger partial charge < -0.3 is 15.2 Å². The first-order valence-corrected chi connectivity index (χ1v) is 3.66. The van der Waals surface area contributed by atoms with Crippen molar-refractivity contribution in [1.29, 1.82) is 0 Å². The van der Waals surface area contributed by atoms with E-state index in [2.05, 4.69) is 10.1 Å². The number of aliphatic carboxylic acids is 1. The molecule has 0 aromatic carbocycles. The van der Waals surface area contributed by atoms with Gasteiger partial charge in [0.05, 0.1) is 13.0 Å². The molecule has 0 fully saturated rings. The standard InChI is InChI=1S/C7H13NO4/c1-3-5(6(9)10)4-8-7(11)12-2/h5H,3-4H2,1-2H3,(H,8,11)(H,9,10). The summed E-state index contributed by atoms with van der Waals surface area (Å²) < 4.78 is 4.28. The van der Waals surface area contributed by atoms with Gasteiger partial charge in [0.1, 0.15) is 0 Å². The van der Waals surface area contributed by atoms with Gasteiger partial charge in [-0.1, -0.05) is 6.92 Å². The number of carbonyl (C=O) groups excluding carboxylic acids is 1. The minimum atomic E-state index is -0.908. The number of amides is 1. The Hall–Kier alpha value is -1.26. The number of carbonyl (C=O) groups is 2. The molecule has 70 valence electrons. The maximum absolute atomic E-state index is 10.5. The molecule has 0 saturated heterocycles. The highest BCUT2D eigenvalue weighted by atomic mass is 16.5. The Morgan fingerprint density at radius 2 is 2.17 bits per heavy atom. The SMILES string of the molecule is CCC(CNC(=O)OC)C(=O)O. The molecule has 0 bridgehead atoms. The second-order valence-electron chi connectivity index (χ2n) is 2.32. The molecule has 12 heavy (non-hydrogen) atoms. The third kappa shape index (κ3) is 3.80. The van der Waals surface area contributed by atoms with Crippen LogP contribution in [0.3, 0.4) is 0 Å². The van der Waals surface area contributed by atoms with E-state index in [1.165, 1.54) is 7.11 Å². The van der Waals surface area contributed by atoms with Crippen molar-refractivity contribution in [3.63, 3.8) is 0 Å². The average Bonchev–Trinajstić information content (AvgIpc) is 2.04. The fraction of sp³-hybridized carbons (Fsp3) is 0.714. The van der Waals surface area contributed by atoms with E-state index in [0.717, 1.165) is 0 Å². The molecule has 0 aromatic rings. The van der Waals surface area contributed by atoms with Crippen molar-refractivity contribution in [2.24, 2.45) is 5.92 Å². The normalized spacial score (nSPS) is 11.8. The van der Waals surface area contributed by atoms with E-state index in [-0.39, 0.29) is 6.54 Å². The summed E-state index contributed by atoms with van der Waals surface area (Å²) in [6, 6.07) is 0. The highest BCUT2D eigenvalue weighted by molar-refractivity contribution is 5.72. The monoisotopic (exact) mass is 175 g/mol. The first-order chi connectivity index (χ1) is 5.61. The van der Waals surface area contributed by atoms with Crippen LogP contribution in [0, 0.1) is 5.92 Å². The van der Waals surface area contributed by atoms with Crippen molar-refractivity contribution in [3.8, 4) is 0 Å². The van der Waals surface area contributed by atoms with E-state index in [9.17, 15) is 9.59 Å². The molecular formula is C7H13NO4. The summed E-state index contributed by atoms with van der Waals surface area (Å²) >= 11 is 0. The zero-order valence-corrected chi connectivity index (χ0v) is 7.16. The molecule has 5 heteroatoms. The molecule has 0 aliphatic rings. The Morgan fingerprint density at radius 3 is 2.50 bits per heavy atom. The summed E-state index contributed by atoms with van der Waals surface area (Å²) in [7, 11) is 1.23. The van der Waals surface area contributed by atoms with Crippen molar-refractivity contribution in [1.82, 2.24) is 5.32 Å². The molecule has 0 aromatic heterocycles.